The fourth-order valence-electron chi connectivity index (χ4n) is 2.84. The summed E-state index contributed by atoms with van der Waals surface area (Å²) < 4.78 is 39.1. The Bertz CT molecular complexity index is 1140. The van der Waals surface area contributed by atoms with Crippen molar-refractivity contribution in [2.45, 2.75) is 6.92 Å². The summed E-state index contributed by atoms with van der Waals surface area (Å²) in [5.41, 5.74) is 1.29. The Hall–Kier alpha value is -2.67. The van der Waals surface area contributed by atoms with Crippen LogP contribution in [-0.2, 0) is 19.7 Å². The number of carbonyl (C=O) groups is 2. The maximum atomic E-state index is 12.4. The summed E-state index contributed by atoms with van der Waals surface area (Å²) in [6, 6.07) is 7.01. The molecule has 0 atom stereocenters. The third-order valence-electron chi connectivity index (χ3n) is 4.22. The second-order valence-electron chi connectivity index (χ2n) is 6.56. The lowest BCUT2D eigenvalue weighted by molar-refractivity contribution is -0.140. The summed E-state index contributed by atoms with van der Waals surface area (Å²) in [4.78, 5) is 26.1. The van der Waals surface area contributed by atoms with Crippen molar-refractivity contribution in [2.24, 2.45) is 0 Å². The summed E-state index contributed by atoms with van der Waals surface area (Å²) in [6.07, 6.45) is 4.83. The van der Waals surface area contributed by atoms with Crippen molar-refractivity contribution in [1.29, 1.82) is 0 Å². The molecule has 12 heteroatoms. The normalized spacial score (nSPS) is 19.4. The summed E-state index contributed by atoms with van der Waals surface area (Å²) in [5, 5.41) is 8.90. The zero-order chi connectivity index (χ0) is 22.8. The molecule has 0 bridgehead atoms. The molecule has 31 heavy (non-hydrogen) atoms. The highest BCUT2D eigenvalue weighted by atomic mass is 32.2. The number of amides is 1. The molecule has 0 radical (unpaired) electrons. The molecule has 0 spiro atoms. The molecule has 1 fully saturated rings. The first-order valence-corrected chi connectivity index (χ1v) is 11.7. The average molecular weight is 482 g/mol. The van der Waals surface area contributed by atoms with Crippen LogP contribution in [0.25, 0.3) is 0 Å². The molecule has 1 aromatic rings. The molecule has 2 aliphatic heterocycles. The summed E-state index contributed by atoms with van der Waals surface area (Å²) in [7, 11) is -4.41. The number of carboxylic acid groups (broad SMARTS) is 1. The van der Waals surface area contributed by atoms with Gasteiger partial charge in [-0.3, -0.25) is 14.5 Å². The first-order valence-electron chi connectivity index (χ1n) is 8.89. The minimum Gasteiger partial charge on any atom is -0.748 e. The maximum absolute atomic E-state index is 12.4. The van der Waals surface area contributed by atoms with Gasteiger partial charge in [-0.15, -0.1) is 0 Å². The molecule has 0 saturated carbocycles. The molecule has 1 amide bonds. The highest BCUT2D eigenvalue weighted by Gasteiger charge is 2.33. The lowest BCUT2D eigenvalue weighted by Crippen LogP contribution is -2.33. The van der Waals surface area contributed by atoms with E-state index in [0.29, 0.717) is 27.8 Å². The van der Waals surface area contributed by atoms with Crippen LogP contribution in [0.4, 0.5) is 5.69 Å². The molecule has 164 valence electrons. The van der Waals surface area contributed by atoms with Crippen LogP contribution in [-0.4, -0.2) is 58.0 Å². The number of carbonyl (C=O) groups excluding carboxylic acids is 1. The molecule has 9 nitrogen and oxygen atoms in total. The smallest absolute Gasteiger partial charge is 0.323 e. The first kappa shape index (κ1) is 23.0. The number of fused-ring (bicyclic) bond motifs is 1. The molecule has 1 aromatic carbocycles. The van der Waals surface area contributed by atoms with Crippen molar-refractivity contribution >= 4 is 56.0 Å². The molecule has 1 saturated heterocycles. The van der Waals surface area contributed by atoms with Crippen molar-refractivity contribution in [1.82, 2.24) is 4.90 Å². The highest BCUT2D eigenvalue weighted by Crippen LogP contribution is 2.38. The number of thioether (sulfide) groups is 1. The molecule has 0 unspecified atom stereocenters. The van der Waals surface area contributed by atoms with E-state index in [4.69, 9.17) is 22.1 Å². The van der Waals surface area contributed by atoms with Crippen molar-refractivity contribution < 1.29 is 32.4 Å². The Morgan fingerprint density at radius 1 is 1.32 bits per heavy atom. The van der Waals surface area contributed by atoms with E-state index >= 15 is 0 Å². The van der Waals surface area contributed by atoms with Gasteiger partial charge < -0.3 is 19.3 Å². The molecule has 2 heterocycles. The molecule has 3 rings (SSSR count). The zero-order valence-electron chi connectivity index (χ0n) is 16.2. The molecule has 0 aromatic heterocycles. The van der Waals surface area contributed by atoms with Crippen LogP contribution < -0.4 is 9.64 Å². The van der Waals surface area contributed by atoms with Crippen LogP contribution in [0.5, 0.6) is 5.75 Å². The predicted octanol–water partition coefficient (Wildman–Crippen LogP) is 2.05. The molecule has 1 N–H and O–H groups in total. The number of para-hydroxylation sites is 2. The Kier molecular flexibility index (Phi) is 6.84. The van der Waals surface area contributed by atoms with E-state index < -0.39 is 34.3 Å². The number of carboxylic acids is 1. The second-order valence-corrected chi connectivity index (χ2v) is 9.76. The van der Waals surface area contributed by atoms with Crippen molar-refractivity contribution in [3.63, 3.8) is 0 Å². The van der Waals surface area contributed by atoms with Gasteiger partial charge in [0, 0.05) is 6.54 Å². The van der Waals surface area contributed by atoms with Crippen molar-refractivity contribution in [3.05, 3.63) is 58.9 Å². The summed E-state index contributed by atoms with van der Waals surface area (Å²) >= 11 is 6.08. The Morgan fingerprint density at radius 2 is 2.03 bits per heavy atom. The Morgan fingerprint density at radius 3 is 2.71 bits per heavy atom. The third-order valence-corrected chi connectivity index (χ3v) is 6.28. The molecule has 2 aliphatic rings. The largest absolute Gasteiger partial charge is 0.748 e. The topological polar surface area (TPSA) is 127 Å². The average Bonchev–Trinajstić information content (AvgIpc) is 3.16. The number of allylic oxidation sites excluding steroid dienone is 4. The standard InChI is InChI=1S/C19H18N2O7S3/c1-12(10-15-18(24)21(11-17(22)23)19(29)30-15)6-7-16-20(8-9-31(25,26)27)13-4-2-3-5-14(13)28-16/h2-7,10H,8-9,11H2,1H3,(H,22,23)(H,25,26,27)/p-1. The van der Waals surface area contributed by atoms with Crippen LogP contribution >= 0.6 is 24.0 Å². The van der Waals surface area contributed by atoms with E-state index in [1.807, 2.05) is 0 Å². The fraction of sp³-hybridized carbons (Fsp3) is 0.211. The SMILES string of the molecule is CC(=CC=C1Oc2ccccc2N1CCS(=O)(=O)[O-])C=C1SC(=S)N(CC(=O)O)C1=O. The predicted molar refractivity (Wildman–Crippen MR) is 118 cm³/mol. The van der Waals surface area contributed by atoms with E-state index in [0.717, 1.165) is 16.7 Å². The van der Waals surface area contributed by atoms with Crippen LogP contribution in [0.3, 0.4) is 0 Å². The fourth-order valence-corrected chi connectivity index (χ4v) is 4.55. The number of nitrogens with zero attached hydrogens (tertiary/aromatic N) is 2. The van der Waals surface area contributed by atoms with E-state index in [1.54, 1.807) is 54.3 Å². The van der Waals surface area contributed by atoms with Gasteiger partial charge in [-0.1, -0.05) is 42.2 Å². The van der Waals surface area contributed by atoms with Crippen molar-refractivity contribution in [3.8, 4) is 5.75 Å². The summed E-state index contributed by atoms with van der Waals surface area (Å²) in [6.45, 7) is 1.16. The number of rotatable bonds is 7. The molecule has 0 aliphatic carbocycles. The van der Waals surface area contributed by atoms with E-state index in [1.165, 1.54) is 0 Å². The van der Waals surface area contributed by atoms with E-state index in [2.05, 4.69) is 0 Å². The minimum atomic E-state index is -4.41. The van der Waals surface area contributed by atoms with Gasteiger partial charge in [-0.25, -0.2) is 8.42 Å². The Balaban J connectivity index is 1.81. The van der Waals surface area contributed by atoms with Gasteiger partial charge >= 0.3 is 5.97 Å². The maximum Gasteiger partial charge on any atom is 0.323 e. The van der Waals surface area contributed by atoms with Gasteiger partial charge in [0.1, 0.15) is 10.9 Å². The van der Waals surface area contributed by atoms with Crippen LogP contribution in [0.15, 0.2) is 58.9 Å². The third kappa shape index (κ3) is 5.73. The van der Waals surface area contributed by atoms with Gasteiger partial charge in [-0.2, -0.15) is 0 Å². The number of hydrogen-bond acceptors (Lipinski definition) is 9. The second kappa shape index (κ2) is 9.22. The number of ether oxygens (including phenoxy) is 1. The van der Waals surface area contributed by atoms with E-state index in [9.17, 15) is 22.6 Å². The number of anilines is 1. The molecular weight excluding hydrogens is 464 g/mol. The number of benzene rings is 1. The van der Waals surface area contributed by atoms with Gasteiger partial charge in [0.2, 0.25) is 5.88 Å². The highest BCUT2D eigenvalue weighted by molar-refractivity contribution is 8.26. The lowest BCUT2D eigenvalue weighted by atomic mass is 10.2. The number of hydrogen-bond donors (Lipinski definition) is 1. The number of aliphatic carboxylic acids is 1. The Labute approximate surface area is 188 Å². The number of thiocarbonyl (C=S) groups is 1. The summed E-state index contributed by atoms with van der Waals surface area (Å²) in [5.74, 6) is -1.37. The van der Waals surface area contributed by atoms with Gasteiger partial charge in [0.15, 0.2) is 5.75 Å². The van der Waals surface area contributed by atoms with Crippen LogP contribution in [0.1, 0.15) is 6.92 Å². The van der Waals surface area contributed by atoms with Crippen LogP contribution in [0, 0.1) is 0 Å². The van der Waals surface area contributed by atoms with Crippen molar-refractivity contribution in [2.75, 3.05) is 23.7 Å². The minimum absolute atomic E-state index is 0.0740. The molecular formula is C19H17N2O7S3-. The quantitative estimate of drug-likeness (QED) is 0.351. The first-order chi connectivity index (χ1) is 14.5. The van der Waals surface area contributed by atoms with Gasteiger partial charge in [0.05, 0.1) is 26.5 Å². The monoisotopic (exact) mass is 481 g/mol. The van der Waals surface area contributed by atoms with E-state index in [-0.39, 0.29) is 10.9 Å². The van der Waals surface area contributed by atoms with Crippen LogP contribution in [0.2, 0.25) is 0 Å². The van der Waals surface area contributed by atoms with Gasteiger partial charge in [-0.05, 0) is 36.8 Å². The lowest BCUT2D eigenvalue weighted by Gasteiger charge is -2.19. The zero-order valence-corrected chi connectivity index (χ0v) is 18.6. The van der Waals surface area contributed by atoms with Gasteiger partial charge in [0.25, 0.3) is 5.91 Å².